The van der Waals surface area contributed by atoms with E-state index in [0.717, 1.165) is 25.2 Å². The van der Waals surface area contributed by atoms with E-state index in [1.807, 2.05) is 23.1 Å². The highest BCUT2D eigenvalue weighted by Gasteiger charge is 2.21. The van der Waals surface area contributed by atoms with Crippen LogP contribution in [0, 0.1) is 0 Å². The zero-order chi connectivity index (χ0) is 13.7. The van der Waals surface area contributed by atoms with Crippen LogP contribution in [-0.4, -0.2) is 48.6 Å². The molecule has 0 atom stereocenters. The van der Waals surface area contributed by atoms with Crippen LogP contribution >= 0.6 is 0 Å². The van der Waals surface area contributed by atoms with Gasteiger partial charge in [0, 0.05) is 32.6 Å². The third-order valence-electron chi connectivity index (χ3n) is 3.45. The molecule has 0 aliphatic carbocycles. The lowest BCUT2D eigenvalue weighted by Crippen LogP contribution is -2.48. The standard InChI is InChI=1S/C14H21N3O2/c15-7-3-6-14(19)17-10-8-16(9-11-17)12-4-1-2-5-13(12)18/h1-2,4-5,18H,3,6-11,15H2. The minimum atomic E-state index is 0.183. The van der Waals surface area contributed by atoms with Crippen molar-refractivity contribution in [2.45, 2.75) is 12.8 Å². The van der Waals surface area contributed by atoms with Crippen molar-refractivity contribution in [2.75, 3.05) is 37.6 Å². The van der Waals surface area contributed by atoms with Crippen LogP contribution in [0.3, 0.4) is 0 Å². The van der Waals surface area contributed by atoms with Crippen molar-refractivity contribution in [1.82, 2.24) is 4.90 Å². The molecule has 5 nitrogen and oxygen atoms in total. The predicted octanol–water partition coefficient (Wildman–Crippen LogP) is 0.780. The number of phenols is 1. The van der Waals surface area contributed by atoms with E-state index in [1.54, 1.807) is 6.07 Å². The van der Waals surface area contributed by atoms with Crippen molar-refractivity contribution in [3.63, 3.8) is 0 Å². The second-order valence-electron chi connectivity index (χ2n) is 4.75. The summed E-state index contributed by atoms with van der Waals surface area (Å²) >= 11 is 0. The van der Waals surface area contributed by atoms with E-state index in [9.17, 15) is 9.90 Å². The van der Waals surface area contributed by atoms with Gasteiger partial charge < -0.3 is 20.6 Å². The second kappa shape index (κ2) is 6.43. The molecular weight excluding hydrogens is 242 g/mol. The summed E-state index contributed by atoms with van der Waals surface area (Å²) in [5.41, 5.74) is 6.26. The summed E-state index contributed by atoms with van der Waals surface area (Å²) in [6.07, 6.45) is 1.28. The normalized spacial score (nSPS) is 15.6. The van der Waals surface area contributed by atoms with Crippen molar-refractivity contribution in [2.24, 2.45) is 5.73 Å². The molecule has 0 spiro atoms. The van der Waals surface area contributed by atoms with Gasteiger partial charge in [-0.3, -0.25) is 4.79 Å². The van der Waals surface area contributed by atoms with Gasteiger partial charge in [-0.1, -0.05) is 12.1 Å². The number of amides is 1. The summed E-state index contributed by atoms with van der Waals surface area (Å²) in [5.74, 6) is 0.479. The molecule has 19 heavy (non-hydrogen) atoms. The van der Waals surface area contributed by atoms with Gasteiger partial charge in [-0.2, -0.15) is 0 Å². The molecule has 104 valence electrons. The van der Waals surface area contributed by atoms with Crippen LogP contribution in [0.15, 0.2) is 24.3 Å². The monoisotopic (exact) mass is 263 g/mol. The third-order valence-corrected chi connectivity index (χ3v) is 3.45. The molecule has 1 aliphatic rings. The first-order valence-electron chi connectivity index (χ1n) is 6.73. The summed E-state index contributed by atoms with van der Waals surface area (Å²) in [6.45, 7) is 3.48. The van der Waals surface area contributed by atoms with Gasteiger partial charge in [0.1, 0.15) is 5.75 Å². The largest absolute Gasteiger partial charge is 0.506 e. The Morgan fingerprint density at radius 1 is 1.21 bits per heavy atom. The van der Waals surface area contributed by atoms with Crippen LogP contribution in [0.5, 0.6) is 5.75 Å². The topological polar surface area (TPSA) is 69.8 Å². The van der Waals surface area contributed by atoms with Crippen LogP contribution in [0.2, 0.25) is 0 Å². The van der Waals surface area contributed by atoms with Crippen molar-refractivity contribution < 1.29 is 9.90 Å². The van der Waals surface area contributed by atoms with E-state index in [1.165, 1.54) is 0 Å². The highest BCUT2D eigenvalue weighted by Crippen LogP contribution is 2.27. The van der Waals surface area contributed by atoms with Crippen LogP contribution in [0.25, 0.3) is 0 Å². The number of hydrogen-bond donors (Lipinski definition) is 2. The van der Waals surface area contributed by atoms with E-state index >= 15 is 0 Å². The lowest BCUT2D eigenvalue weighted by atomic mass is 10.2. The highest BCUT2D eigenvalue weighted by atomic mass is 16.3. The first kappa shape index (κ1) is 13.7. The molecule has 0 unspecified atom stereocenters. The smallest absolute Gasteiger partial charge is 0.222 e. The fraction of sp³-hybridized carbons (Fsp3) is 0.500. The molecule has 0 bridgehead atoms. The molecule has 1 amide bonds. The number of carbonyl (C=O) groups excluding carboxylic acids is 1. The summed E-state index contributed by atoms with van der Waals surface area (Å²) in [4.78, 5) is 15.9. The second-order valence-corrected chi connectivity index (χ2v) is 4.75. The molecule has 0 saturated carbocycles. The fourth-order valence-electron chi connectivity index (χ4n) is 2.34. The SMILES string of the molecule is NCCCC(=O)N1CCN(c2ccccc2O)CC1. The average Bonchev–Trinajstić information content (AvgIpc) is 2.45. The molecule has 1 aromatic carbocycles. The number of piperazine rings is 1. The number of para-hydroxylation sites is 2. The lowest BCUT2D eigenvalue weighted by molar-refractivity contribution is -0.131. The predicted molar refractivity (Wildman–Crippen MR) is 75.2 cm³/mol. The molecule has 1 heterocycles. The molecular formula is C14H21N3O2. The molecule has 3 N–H and O–H groups in total. The van der Waals surface area contributed by atoms with E-state index in [-0.39, 0.29) is 5.91 Å². The Morgan fingerprint density at radius 3 is 2.53 bits per heavy atom. The average molecular weight is 263 g/mol. The number of hydrogen-bond acceptors (Lipinski definition) is 4. The Bertz CT molecular complexity index is 428. The summed E-state index contributed by atoms with van der Waals surface area (Å²) in [5, 5.41) is 9.82. The molecule has 0 radical (unpaired) electrons. The van der Waals surface area contributed by atoms with Gasteiger partial charge in [0.05, 0.1) is 5.69 Å². The first-order chi connectivity index (χ1) is 9.22. The number of nitrogens with two attached hydrogens (primary N) is 1. The number of anilines is 1. The fourth-order valence-corrected chi connectivity index (χ4v) is 2.34. The first-order valence-corrected chi connectivity index (χ1v) is 6.73. The maximum absolute atomic E-state index is 11.9. The zero-order valence-corrected chi connectivity index (χ0v) is 11.1. The Morgan fingerprint density at radius 2 is 1.89 bits per heavy atom. The van der Waals surface area contributed by atoms with Crippen molar-refractivity contribution >= 4 is 11.6 Å². The minimum Gasteiger partial charge on any atom is -0.506 e. The van der Waals surface area contributed by atoms with E-state index in [0.29, 0.717) is 31.8 Å². The summed E-state index contributed by atoms with van der Waals surface area (Å²) < 4.78 is 0. The Kier molecular flexibility index (Phi) is 4.63. The van der Waals surface area contributed by atoms with Crippen LogP contribution in [0.4, 0.5) is 5.69 Å². The van der Waals surface area contributed by atoms with Crippen LogP contribution in [-0.2, 0) is 4.79 Å². The van der Waals surface area contributed by atoms with Crippen molar-refractivity contribution in [1.29, 1.82) is 0 Å². The van der Waals surface area contributed by atoms with E-state index in [2.05, 4.69) is 4.90 Å². The maximum atomic E-state index is 11.9. The highest BCUT2D eigenvalue weighted by molar-refractivity contribution is 5.76. The van der Waals surface area contributed by atoms with Crippen molar-refractivity contribution in [3.05, 3.63) is 24.3 Å². The zero-order valence-electron chi connectivity index (χ0n) is 11.1. The van der Waals surface area contributed by atoms with E-state index in [4.69, 9.17) is 5.73 Å². The van der Waals surface area contributed by atoms with E-state index < -0.39 is 0 Å². The Balaban J connectivity index is 1.89. The minimum absolute atomic E-state index is 0.183. The van der Waals surface area contributed by atoms with Gasteiger partial charge in [0.25, 0.3) is 0 Å². The van der Waals surface area contributed by atoms with Gasteiger partial charge >= 0.3 is 0 Å². The van der Waals surface area contributed by atoms with Gasteiger partial charge in [-0.25, -0.2) is 0 Å². The molecule has 5 heteroatoms. The molecule has 1 aromatic rings. The van der Waals surface area contributed by atoms with Gasteiger partial charge in [0.2, 0.25) is 5.91 Å². The Labute approximate surface area is 113 Å². The van der Waals surface area contributed by atoms with Gasteiger partial charge in [-0.15, -0.1) is 0 Å². The maximum Gasteiger partial charge on any atom is 0.222 e. The molecule has 1 aliphatic heterocycles. The number of benzene rings is 1. The molecule has 1 saturated heterocycles. The summed E-state index contributed by atoms with van der Waals surface area (Å²) in [6, 6.07) is 7.31. The van der Waals surface area contributed by atoms with Crippen molar-refractivity contribution in [3.8, 4) is 5.75 Å². The third kappa shape index (κ3) is 3.38. The van der Waals surface area contributed by atoms with Gasteiger partial charge in [0.15, 0.2) is 0 Å². The number of phenolic OH excluding ortho intramolecular Hbond substituents is 1. The number of nitrogens with zero attached hydrogens (tertiary/aromatic N) is 2. The van der Waals surface area contributed by atoms with Crippen LogP contribution < -0.4 is 10.6 Å². The molecule has 0 aromatic heterocycles. The van der Waals surface area contributed by atoms with Gasteiger partial charge in [-0.05, 0) is 25.1 Å². The number of carbonyl (C=O) groups is 1. The van der Waals surface area contributed by atoms with Crippen LogP contribution in [0.1, 0.15) is 12.8 Å². The number of aromatic hydroxyl groups is 1. The Hall–Kier alpha value is -1.75. The summed E-state index contributed by atoms with van der Waals surface area (Å²) in [7, 11) is 0. The molecule has 1 fully saturated rings. The quantitative estimate of drug-likeness (QED) is 0.842. The lowest BCUT2D eigenvalue weighted by Gasteiger charge is -2.36. The molecule has 2 rings (SSSR count). The number of rotatable bonds is 4.